The van der Waals surface area contributed by atoms with E-state index in [1.165, 1.54) is 9.25 Å². The highest BCUT2D eigenvalue weighted by Crippen LogP contribution is 2.20. The van der Waals surface area contributed by atoms with Crippen LogP contribution in [0.5, 0.6) is 0 Å². The number of aliphatic hydroxyl groups excluding tert-OH is 1. The van der Waals surface area contributed by atoms with E-state index in [9.17, 15) is 9.59 Å². The lowest BCUT2D eigenvalue weighted by atomic mass is 10.2. The lowest BCUT2D eigenvalue weighted by Crippen LogP contribution is -2.39. The minimum Gasteiger partial charge on any atom is -0.394 e. The van der Waals surface area contributed by atoms with Crippen LogP contribution in [0.15, 0.2) is 59.4 Å². The second kappa shape index (κ2) is 8.20. The van der Waals surface area contributed by atoms with Gasteiger partial charge < -0.3 is 10.4 Å². The SMILES string of the molecule is C[C@@H](CO)NC(=O)Cn1c(-c2ccccc2)nn(-c2ccccc2Cl)c1=O. The third-order valence-electron chi connectivity index (χ3n) is 3.96. The minimum atomic E-state index is -0.478. The van der Waals surface area contributed by atoms with Crippen molar-refractivity contribution >= 4 is 17.5 Å². The Morgan fingerprint density at radius 2 is 1.85 bits per heavy atom. The number of nitrogens with one attached hydrogen (secondary N) is 1. The van der Waals surface area contributed by atoms with E-state index < -0.39 is 17.6 Å². The third-order valence-corrected chi connectivity index (χ3v) is 4.28. The van der Waals surface area contributed by atoms with Crippen molar-refractivity contribution in [1.29, 1.82) is 0 Å². The number of rotatable bonds is 6. The summed E-state index contributed by atoms with van der Waals surface area (Å²) in [5.41, 5.74) is 0.654. The number of carbonyl (C=O) groups is 1. The molecule has 0 saturated carbocycles. The largest absolute Gasteiger partial charge is 0.394 e. The van der Waals surface area contributed by atoms with E-state index >= 15 is 0 Å². The average Bonchev–Trinajstić information content (AvgIpc) is 2.99. The second-order valence-electron chi connectivity index (χ2n) is 6.07. The van der Waals surface area contributed by atoms with Crippen LogP contribution in [-0.4, -0.2) is 38.0 Å². The van der Waals surface area contributed by atoms with Crippen molar-refractivity contribution in [2.24, 2.45) is 0 Å². The first kappa shape index (κ1) is 18.9. The molecule has 0 aliphatic carbocycles. The van der Waals surface area contributed by atoms with E-state index in [0.29, 0.717) is 22.1 Å². The topological polar surface area (TPSA) is 89.2 Å². The van der Waals surface area contributed by atoms with Crippen LogP contribution in [0.1, 0.15) is 6.92 Å². The van der Waals surface area contributed by atoms with Crippen molar-refractivity contribution < 1.29 is 9.90 Å². The van der Waals surface area contributed by atoms with Crippen molar-refractivity contribution in [3.05, 3.63) is 70.1 Å². The Labute approximate surface area is 160 Å². The van der Waals surface area contributed by atoms with Gasteiger partial charge >= 0.3 is 5.69 Å². The number of hydrogen-bond acceptors (Lipinski definition) is 4. The normalized spacial score (nSPS) is 12.0. The molecule has 8 heteroatoms. The molecule has 0 spiro atoms. The van der Waals surface area contributed by atoms with Gasteiger partial charge in [-0.25, -0.2) is 4.79 Å². The van der Waals surface area contributed by atoms with Crippen molar-refractivity contribution in [3.8, 4) is 17.1 Å². The highest BCUT2D eigenvalue weighted by Gasteiger charge is 2.20. The van der Waals surface area contributed by atoms with E-state index in [2.05, 4.69) is 10.4 Å². The fraction of sp³-hybridized carbons (Fsp3) is 0.211. The predicted octanol–water partition coefficient (Wildman–Crippen LogP) is 1.85. The third kappa shape index (κ3) is 4.10. The molecule has 0 fully saturated rings. The number of aliphatic hydroxyl groups is 1. The fourth-order valence-electron chi connectivity index (χ4n) is 2.63. The molecule has 27 heavy (non-hydrogen) atoms. The van der Waals surface area contributed by atoms with Crippen LogP contribution in [0.4, 0.5) is 0 Å². The maximum absolute atomic E-state index is 13.0. The van der Waals surface area contributed by atoms with Crippen molar-refractivity contribution in [3.63, 3.8) is 0 Å². The average molecular weight is 387 g/mol. The predicted molar refractivity (Wildman–Crippen MR) is 103 cm³/mol. The molecule has 0 bridgehead atoms. The molecular weight excluding hydrogens is 368 g/mol. The van der Waals surface area contributed by atoms with Gasteiger partial charge in [-0.3, -0.25) is 9.36 Å². The molecule has 1 amide bonds. The summed E-state index contributed by atoms with van der Waals surface area (Å²) in [6, 6.07) is 15.6. The zero-order valence-electron chi connectivity index (χ0n) is 14.7. The van der Waals surface area contributed by atoms with Crippen LogP contribution in [0.3, 0.4) is 0 Å². The summed E-state index contributed by atoms with van der Waals surface area (Å²) >= 11 is 6.22. The van der Waals surface area contributed by atoms with Gasteiger partial charge in [0, 0.05) is 11.6 Å². The molecule has 0 radical (unpaired) electrons. The molecule has 3 rings (SSSR count). The highest BCUT2D eigenvalue weighted by atomic mass is 35.5. The summed E-state index contributed by atoms with van der Waals surface area (Å²) in [7, 11) is 0. The van der Waals surface area contributed by atoms with Crippen molar-refractivity contribution in [2.75, 3.05) is 6.61 Å². The molecule has 140 valence electrons. The van der Waals surface area contributed by atoms with Gasteiger partial charge in [-0.2, -0.15) is 4.68 Å². The first-order chi connectivity index (χ1) is 13.0. The maximum atomic E-state index is 13.0. The first-order valence-corrected chi connectivity index (χ1v) is 8.79. The van der Waals surface area contributed by atoms with E-state index in [1.54, 1.807) is 31.2 Å². The van der Waals surface area contributed by atoms with Crippen LogP contribution in [0, 0.1) is 0 Å². The summed E-state index contributed by atoms with van der Waals surface area (Å²) in [6.07, 6.45) is 0. The second-order valence-corrected chi connectivity index (χ2v) is 6.48. The lowest BCUT2D eigenvalue weighted by molar-refractivity contribution is -0.122. The van der Waals surface area contributed by atoms with Gasteiger partial charge in [0.25, 0.3) is 0 Å². The molecule has 7 nitrogen and oxygen atoms in total. The van der Waals surface area contributed by atoms with E-state index in [4.69, 9.17) is 16.7 Å². The summed E-state index contributed by atoms with van der Waals surface area (Å²) < 4.78 is 2.48. The van der Waals surface area contributed by atoms with Gasteiger partial charge in [-0.15, -0.1) is 5.10 Å². The number of benzene rings is 2. The van der Waals surface area contributed by atoms with E-state index in [0.717, 1.165) is 0 Å². The molecule has 0 aliphatic rings. The van der Waals surface area contributed by atoms with Crippen LogP contribution >= 0.6 is 11.6 Å². The molecule has 0 aliphatic heterocycles. The zero-order valence-corrected chi connectivity index (χ0v) is 15.4. The summed E-state index contributed by atoms with van der Waals surface area (Å²) in [4.78, 5) is 25.3. The van der Waals surface area contributed by atoms with E-state index in [-0.39, 0.29) is 13.2 Å². The van der Waals surface area contributed by atoms with Gasteiger partial charge in [0.1, 0.15) is 6.54 Å². The molecular formula is C19H19ClN4O3. The Bertz CT molecular complexity index is 998. The van der Waals surface area contributed by atoms with Crippen LogP contribution < -0.4 is 11.0 Å². The number of halogens is 1. The highest BCUT2D eigenvalue weighted by molar-refractivity contribution is 6.32. The Kier molecular flexibility index (Phi) is 5.73. The quantitative estimate of drug-likeness (QED) is 0.676. The van der Waals surface area contributed by atoms with Gasteiger partial charge in [-0.1, -0.05) is 54.1 Å². The number of amides is 1. The van der Waals surface area contributed by atoms with Crippen molar-refractivity contribution in [1.82, 2.24) is 19.7 Å². The Hall–Kier alpha value is -2.90. The van der Waals surface area contributed by atoms with Gasteiger partial charge in [0.15, 0.2) is 5.82 Å². The Morgan fingerprint density at radius 3 is 2.52 bits per heavy atom. The Balaban J connectivity index is 2.09. The standard InChI is InChI=1S/C19H19ClN4O3/c1-13(12-25)21-17(26)11-23-18(14-7-3-2-4-8-14)22-24(19(23)27)16-10-6-5-9-15(16)20/h2-10,13,25H,11-12H2,1H3,(H,21,26)/t13-/m0/s1. The number of hydrogen-bond donors (Lipinski definition) is 2. The molecule has 1 heterocycles. The molecule has 2 N–H and O–H groups in total. The molecule has 2 aromatic carbocycles. The summed E-state index contributed by atoms with van der Waals surface area (Å²) in [6.45, 7) is 1.26. The molecule has 1 aromatic heterocycles. The van der Waals surface area contributed by atoms with Crippen LogP contribution in [0.25, 0.3) is 17.1 Å². The number of nitrogens with zero attached hydrogens (tertiary/aromatic N) is 3. The number of para-hydroxylation sites is 1. The van der Waals surface area contributed by atoms with E-state index in [1.807, 2.05) is 30.3 Å². The molecule has 0 unspecified atom stereocenters. The molecule has 1 atom stereocenters. The monoisotopic (exact) mass is 386 g/mol. The van der Waals surface area contributed by atoms with Gasteiger partial charge in [-0.05, 0) is 19.1 Å². The van der Waals surface area contributed by atoms with Crippen LogP contribution in [-0.2, 0) is 11.3 Å². The number of aromatic nitrogens is 3. The van der Waals surface area contributed by atoms with Gasteiger partial charge in [0.05, 0.1) is 17.3 Å². The zero-order chi connectivity index (χ0) is 19.4. The minimum absolute atomic E-state index is 0.189. The van der Waals surface area contributed by atoms with Crippen LogP contribution in [0.2, 0.25) is 5.02 Å². The Morgan fingerprint density at radius 1 is 1.19 bits per heavy atom. The maximum Gasteiger partial charge on any atom is 0.351 e. The number of carbonyl (C=O) groups excluding carboxylic acids is 1. The summed E-state index contributed by atoms with van der Waals surface area (Å²) in [5, 5.41) is 16.5. The molecule has 0 saturated heterocycles. The lowest BCUT2D eigenvalue weighted by Gasteiger charge is -2.11. The van der Waals surface area contributed by atoms with Crippen molar-refractivity contribution in [2.45, 2.75) is 19.5 Å². The molecule has 3 aromatic rings. The summed E-state index contributed by atoms with van der Waals surface area (Å²) in [5.74, 6) is -0.0399. The smallest absolute Gasteiger partial charge is 0.351 e. The first-order valence-electron chi connectivity index (χ1n) is 8.41. The fourth-order valence-corrected chi connectivity index (χ4v) is 2.85. The van der Waals surface area contributed by atoms with Gasteiger partial charge in [0.2, 0.25) is 5.91 Å².